The first-order valence-corrected chi connectivity index (χ1v) is 11.5. The van der Waals surface area contributed by atoms with Crippen molar-refractivity contribution in [3.63, 3.8) is 0 Å². The lowest BCUT2D eigenvalue weighted by molar-refractivity contribution is 0.0857. The zero-order valence-corrected chi connectivity index (χ0v) is 21.1. The van der Waals surface area contributed by atoms with E-state index in [1.165, 1.54) is 0 Å². The molecule has 0 aliphatic carbocycles. The third-order valence-electron chi connectivity index (χ3n) is 6.26. The van der Waals surface area contributed by atoms with E-state index in [4.69, 9.17) is 35.0 Å². The number of alkyl halides is 1. The van der Waals surface area contributed by atoms with Gasteiger partial charge in [0.1, 0.15) is 33.7 Å². The van der Waals surface area contributed by atoms with Crippen molar-refractivity contribution in [1.29, 1.82) is 0 Å². The molecule has 0 spiro atoms. The van der Waals surface area contributed by atoms with Crippen LogP contribution in [0.15, 0.2) is 21.3 Å². The molecule has 178 valence electrons. The molecule has 1 aliphatic heterocycles. The van der Waals surface area contributed by atoms with Crippen LogP contribution >= 0.6 is 11.6 Å². The lowest BCUT2D eigenvalue weighted by Gasteiger charge is -2.33. The molecule has 7 heteroatoms. The lowest BCUT2D eigenvalue weighted by atomic mass is 9.91. The van der Waals surface area contributed by atoms with Crippen molar-refractivity contribution in [1.82, 2.24) is 0 Å². The van der Waals surface area contributed by atoms with Crippen LogP contribution in [0.2, 0.25) is 0 Å². The van der Waals surface area contributed by atoms with Crippen LogP contribution in [0, 0.1) is 0 Å². The number of rotatable bonds is 6. The Hall–Kier alpha value is -2.60. The van der Waals surface area contributed by atoms with E-state index in [1.807, 2.05) is 27.7 Å². The van der Waals surface area contributed by atoms with E-state index >= 15 is 0 Å². The van der Waals surface area contributed by atoms with E-state index in [2.05, 4.69) is 0 Å². The molecule has 0 amide bonds. The Balaban J connectivity index is 2.12. The summed E-state index contributed by atoms with van der Waals surface area (Å²) in [6, 6.07) is 3.47. The lowest BCUT2D eigenvalue weighted by Crippen LogP contribution is -2.33. The van der Waals surface area contributed by atoms with Crippen LogP contribution in [0.4, 0.5) is 0 Å². The van der Waals surface area contributed by atoms with Crippen molar-refractivity contribution >= 4 is 33.5 Å². The van der Waals surface area contributed by atoms with Gasteiger partial charge >= 0.3 is 0 Å². The number of benzene rings is 2. The summed E-state index contributed by atoms with van der Waals surface area (Å²) in [5, 5.41) is 0.880. The Morgan fingerprint density at radius 1 is 1.03 bits per heavy atom. The van der Waals surface area contributed by atoms with E-state index in [9.17, 15) is 4.79 Å². The normalized spacial score (nSPS) is 15.3. The molecule has 0 unspecified atom stereocenters. The second-order valence-electron chi connectivity index (χ2n) is 9.74. The second kappa shape index (κ2) is 8.32. The molecule has 2 aromatic carbocycles. The first-order chi connectivity index (χ1) is 15.5. The van der Waals surface area contributed by atoms with Crippen LogP contribution in [-0.2, 0) is 12.8 Å². The van der Waals surface area contributed by atoms with E-state index < -0.39 is 10.5 Å². The van der Waals surface area contributed by atoms with Gasteiger partial charge in [-0.1, -0.05) is 0 Å². The summed E-state index contributed by atoms with van der Waals surface area (Å²) in [6.45, 7) is 7.93. The second-order valence-corrected chi connectivity index (χ2v) is 10.8. The molecule has 0 radical (unpaired) electrons. The number of fused-ring (bicyclic) bond motifs is 4. The van der Waals surface area contributed by atoms with E-state index in [0.29, 0.717) is 57.8 Å². The molecule has 0 fully saturated rings. The van der Waals surface area contributed by atoms with Gasteiger partial charge in [0.05, 0.1) is 26.7 Å². The molecule has 0 atom stereocenters. The van der Waals surface area contributed by atoms with E-state index in [1.54, 1.807) is 33.5 Å². The fraction of sp³-hybridized carbons (Fsp3) is 0.500. The largest absolute Gasteiger partial charge is 0.496 e. The summed E-state index contributed by atoms with van der Waals surface area (Å²) in [7, 11) is 4.74. The third-order valence-corrected chi connectivity index (χ3v) is 6.45. The molecular weight excluding hydrogens is 444 g/mol. The minimum absolute atomic E-state index is 0.161. The molecule has 4 rings (SSSR count). The highest BCUT2D eigenvalue weighted by Crippen LogP contribution is 2.45. The Kier molecular flexibility index (Phi) is 5.94. The quantitative estimate of drug-likeness (QED) is 0.321. The van der Waals surface area contributed by atoms with Crippen molar-refractivity contribution in [2.45, 2.75) is 63.9 Å². The van der Waals surface area contributed by atoms with Crippen LogP contribution in [0.3, 0.4) is 0 Å². The van der Waals surface area contributed by atoms with Crippen molar-refractivity contribution < 1.29 is 23.4 Å². The number of methoxy groups -OCH3 is 3. The van der Waals surface area contributed by atoms with E-state index in [0.717, 1.165) is 24.0 Å². The SMILES string of the molecule is COc1cc2oc3cc(OC)c(OC)c(CCC(C)(C)Cl)c3c(=O)c2c2c1CCC(C)(C)O2. The molecule has 0 saturated carbocycles. The average Bonchev–Trinajstić information content (AvgIpc) is 2.74. The third kappa shape index (κ3) is 4.21. The van der Waals surface area contributed by atoms with Gasteiger partial charge in [0.2, 0.25) is 5.43 Å². The summed E-state index contributed by atoms with van der Waals surface area (Å²) in [4.78, 5) is 13.6. The van der Waals surface area contributed by atoms with Gasteiger partial charge in [-0.25, -0.2) is 0 Å². The minimum atomic E-state index is -0.447. The van der Waals surface area contributed by atoms with Crippen LogP contribution < -0.4 is 24.4 Å². The summed E-state index contributed by atoms with van der Waals surface area (Å²) < 4.78 is 29.5. The van der Waals surface area contributed by atoms with Crippen LogP contribution in [0.1, 0.15) is 51.7 Å². The molecule has 2 heterocycles. The first-order valence-electron chi connectivity index (χ1n) is 11.1. The predicted octanol–water partition coefficient (Wildman–Crippen LogP) is 6.03. The van der Waals surface area contributed by atoms with Crippen molar-refractivity contribution in [2.24, 2.45) is 0 Å². The zero-order valence-electron chi connectivity index (χ0n) is 20.3. The predicted molar refractivity (Wildman–Crippen MR) is 131 cm³/mol. The molecule has 6 nitrogen and oxygen atoms in total. The molecule has 0 bridgehead atoms. The number of aryl methyl sites for hydroxylation is 1. The first kappa shape index (κ1) is 23.6. The smallest absolute Gasteiger partial charge is 0.204 e. The fourth-order valence-electron chi connectivity index (χ4n) is 4.51. The number of ether oxygens (including phenoxy) is 4. The summed E-state index contributed by atoms with van der Waals surface area (Å²) in [5.74, 6) is 2.20. The van der Waals surface area contributed by atoms with Gasteiger partial charge in [0, 0.05) is 28.1 Å². The van der Waals surface area contributed by atoms with E-state index in [-0.39, 0.29) is 5.43 Å². The van der Waals surface area contributed by atoms with Crippen LogP contribution in [0.25, 0.3) is 21.9 Å². The zero-order chi connectivity index (χ0) is 24.1. The highest BCUT2D eigenvalue weighted by molar-refractivity contribution is 6.23. The summed E-state index contributed by atoms with van der Waals surface area (Å²) >= 11 is 6.49. The number of halogens is 1. The molecule has 0 saturated heterocycles. The molecule has 1 aliphatic rings. The molecular formula is C26H31ClO6. The Labute approximate surface area is 198 Å². The monoisotopic (exact) mass is 474 g/mol. The summed E-state index contributed by atoms with van der Waals surface area (Å²) in [6.07, 6.45) is 2.73. The highest BCUT2D eigenvalue weighted by Gasteiger charge is 2.33. The fourth-order valence-corrected chi connectivity index (χ4v) is 4.60. The van der Waals surface area contributed by atoms with Gasteiger partial charge < -0.3 is 23.4 Å². The molecule has 0 N–H and O–H groups in total. The Bertz CT molecular complexity index is 1280. The highest BCUT2D eigenvalue weighted by atomic mass is 35.5. The standard InChI is InChI=1S/C26H31ClO6/c1-25(2,27)10-8-15-20-17(13-19(30-6)23(15)31-7)32-18-12-16(29-5)14-9-11-26(3,4)33-24(14)21(18)22(20)28/h12-13H,8-11H2,1-7H3. The maximum absolute atomic E-state index is 14.1. The molecule has 1 aromatic heterocycles. The van der Waals surface area contributed by atoms with Crippen molar-refractivity contribution in [3.8, 4) is 23.0 Å². The Morgan fingerprint density at radius 2 is 1.67 bits per heavy atom. The number of hydrogen-bond acceptors (Lipinski definition) is 6. The summed E-state index contributed by atoms with van der Waals surface area (Å²) in [5.41, 5.74) is 1.87. The van der Waals surface area contributed by atoms with Crippen LogP contribution in [-0.4, -0.2) is 31.8 Å². The minimum Gasteiger partial charge on any atom is -0.496 e. The van der Waals surface area contributed by atoms with Gasteiger partial charge in [-0.15, -0.1) is 11.6 Å². The van der Waals surface area contributed by atoms with Crippen LogP contribution in [0.5, 0.6) is 23.0 Å². The van der Waals surface area contributed by atoms with Gasteiger partial charge in [-0.05, 0) is 53.4 Å². The topological polar surface area (TPSA) is 67.1 Å². The van der Waals surface area contributed by atoms with Gasteiger partial charge in [0.15, 0.2) is 11.5 Å². The van der Waals surface area contributed by atoms with Crippen molar-refractivity contribution in [3.05, 3.63) is 33.5 Å². The Morgan fingerprint density at radius 3 is 2.27 bits per heavy atom. The average molecular weight is 475 g/mol. The van der Waals surface area contributed by atoms with Gasteiger partial charge in [0.25, 0.3) is 0 Å². The van der Waals surface area contributed by atoms with Crippen molar-refractivity contribution in [2.75, 3.05) is 21.3 Å². The maximum Gasteiger partial charge on any atom is 0.204 e. The maximum atomic E-state index is 14.1. The molecule has 33 heavy (non-hydrogen) atoms. The molecule has 3 aromatic rings. The van der Waals surface area contributed by atoms with Gasteiger partial charge in [-0.3, -0.25) is 4.79 Å². The van der Waals surface area contributed by atoms with Gasteiger partial charge in [-0.2, -0.15) is 0 Å². The number of hydrogen-bond donors (Lipinski definition) is 0.